The summed E-state index contributed by atoms with van der Waals surface area (Å²) in [5.41, 5.74) is 4.97. The van der Waals surface area contributed by atoms with E-state index in [1.54, 1.807) is 0 Å². The zero-order valence-corrected chi connectivity index (χ0v) is 11.9. The Morgan fingerprint density at radius 1 is 1.05 bits per heavy atom. The first-order valence-corrected chi connectivity index (χ1v) is 7.15. The lowest BCUT2D eigenvalue weighted by molar-refractivity contribution is -0.136. The summed E-state index contributed by atoms with van der Waals surface area (Å²) >= 11 is 0. The van der Waals surface area contributed by atoms with Crippen molar-refractivity contribution in [3.63, 3.8) is 0 Å². The number of rotatable bonds is 8. The van der Waals surface area contributed by atoms with Gasteiger partial charge in [0, 0.05) is 17.9 Å². The molecule has 0 bridgehead atoms. The van der Waals surface area contributed by atoms with Crippen molar-refractivity contribution in [1.82, 2.24) is 0 Å². The van der Waals surface area contributed by atoms with Crippen molar-refractivity contribution in [3.8, 4) is 0 Å². The molecular formula is C15H23F3N2. The van der Waals surface area contributed by atoms with Gasteiger partial charge < -0.3 is 11.1 Å². The molecule has 20 heavy (non-hydrogen) atoms. The van der Waals surface area contributed by atoms with Gasteiger partial charge in [0.15, 0.2) is 0 Å². The summed E-state index contributed by atoms with van der Waals surface area (Å²) < 4.78 is 38.5. The lowest BCUT2D eigenvalue weighted by atomic mass is 10.1. The molecule has 3 N–H and O–H groups in total. The van der Waals surface area contributed by atoms with Crippen molar-refractivity contribution in [3.05, 3.63) is 23.8 Å². The summed E-state index contributed by atoms with van der Waals surface area (Å²) in [5, 5.41) is 2.86. The molecule has 1 aromatic carbocycles. The minimum atomic E-state index is -4.38. The number of nitrogen functional groups attached to an aromatic ring is 1. The fraction of sp³-hybridized carbons (Fsp3) is 0.600. The highest BCUT2D eigenvalue weighted by atomic mass is 19.4. The van der Waals surface area contributed by atoms with Crippen LogP contribution in [-0.4, -0.2) is 6.54 Å². The predicted octanol–water partition coefficient (Wildman–Crippen LogP) is 5.06. The summed E-state index contributed by atoms with van der Waals surface area (Å²) in [6.07, 6.45) is 2.31. The molecule has 0 heterocycles. The Labute approximate surface area is 118 Å². The SMILES string of the molecule is CCCCCCCCNc1ccc(N)cc1C(F)(F)F. The topological polar surface area (TPSA) is 38.0 Å². The van der Waals surface area contributed by atoms with Crippen LogP contribution in [0.5, 0.6) is 0 Å². The average Bonchev–Trinajstić information content (AvgIpc) is 2.38. The molecule has 0 saturated carbocycles. The monoisotopic (exact) mass is 288 g/mol. The first kappa shape index (κ1) is 16.7. The first-order valence-electron chi connectivity index (χ1n) is 7.15. The molecule has 0 amide bonds. The maximum absolute atomic E-state index is 12.8. The molecule has 5 heteroatoms. The summed E-state index contributed by atoms with van der Waals surface area (Å²) in [6.45, 7) is 2.71. The van der Waals surface area contributed by atoms with Gasteiger partial charge in [0.1, 0.15) is 0 Å². The van der Waals surface area contributed by atoms with Gasteiger partial charge in [0.05, 0.1) is 5.56 Å². The Hall–Kier alpha value is -1.39. The maximum atomic E-state index is 12.8. The van der Waals surface area contributed by atoms with Crippen LogP contribution < -0.4 is 11.1 Å². The molecule has 1 rings (SSSR count). The number of hydrogen-bond acceptors (Lipinski definition) is 2. The number of anilines is 2. The van der Waals surface area contributed by atoms with Crippen molar-refractivity contribution < 1.29 is 13.2 Å². The van der Waals surface area contributed by atoms with Crippen LogP contribution in [-0.2, 0) is 6.18 Å². The average molecular weight is 288 g/mol. The number of halogens is 3. The third-order valence-corrected chi connectivity index (χ3v) is 3.19. The summed E-state index contributed by atoms with van der Waals surface area (Å²) in [4.78, 5) is 0. The fourth-order valence-corrected chi connectivity index (χ4v) is 2.08. The van der Waals surface area contributed by atoms with Gasteiger partial charge in [-0.1, -0.05) is 39.0 Å². The van der Waals surface area contributed by atoms with Crippen LogP contribution >= 0.6 is 0 Å². The van der Waals surface area contributed by atoms with Crippen LogP contribution in [0.4, 0.5) is 24.5 Å². The van der Waals surface area contributed by atoms with Crippen molar-refractivity contribution >= 4 is 11.4 Å². The quantitative estimate of drug-likeness (QED) is 0.518. The molecule has 0 radical (unpaired) electrons. The number of nitrogens with one attached hydrogen (secondary N) is 1. The minimum absolute atomic E-state index is 0.111. The van der Waals surface area contributed by atoms with Crippen LogP contribution in [0.3, 0.4) is 0 Å². The van der Waals surface area contributed by atoms with E-state index >= 15 is 0 Å². The molecule has 2 nitrogen and oxygen atoms in total. The van der Waals surface area contributed by atoms with E-state index in [1.807, 2.05) is 0 Å². The Morgan fingerprint density at radius 3 is 2.35 bits per heavy atom. The van der Waals surface area contributed by atoms with Crippen molar-refractivity contribution in [1.29, 1.82) is 0 Å². The van der Waals surface area contributed by atoms with E-state index in [4.69, 9.17) is 5.73 Å². The summed E-state index contributed by atoms with van der Waals surface area (Å²) in [5.74, 6) is 0. The van der Waals surface area contributed by atoms with Crippen LogP contribution in [0.1, 0.15) is 51.0 Å². The van der Waals surface area contributed by atoms with Crippen LogP contribution in [0.25, 0.3) is 0 Å². The van der Waals surface area contributed by atoms with E-state index in [-0.39, 0.29) is 11.4 Å². The highest BCUT2D eigenvalue weighted by Gasteiger charge is 2.33. The molecule has 0 aliphatic carbocycles. The zero-order chi connectivity index (χ0) is 15.0. The second kappa shape index (κ2) is 8.02. The minimum Gasteiger partial charge on any atom is -0.399 e. The predicted molar refractivity (Wildman–Crippen MR) is 77.7 cm³/mol. The lowest BCUT2D eigenvalue weighted by Gasteiger charge is -2.15. The van der Waals surface area contributed by atoms with Gasteiger partial charge >= 0.3 is 6.18 Å². The van der Waals surface area contributed by atoms with E-state index in [0.29, 0.717) is 6.54 Å². The second-order valence-electron chi connectivity index (χ2n) is 5.00. The van der Waals surface area contributed by atoms with Crippen LogP contribution in [0, 0.1) is 0 Å². The molecule has 0 fully saturated rings. The third kappa shape index (κ3) is 5.72. The normalized spacial score (nSPS) is 11.6. The molecule has 0 saturated heterocycles. The van der Waals surface area contributed by atoms with Crippen molar-refractivity contribution in [2.75, 3.05) is 17.6 Å². The van der Waals surface area contributed by atoms with Gasteiger partial charge in [0.25, 0.3) is 0 Å². The number of hydrogen-bond donors (Lipinski definition) is 2. The van der Waals surface area contributed by atoms with Gasteiger partial charge in [-0.05, 0) is 24.6 Å². The largest absolute Gasteiger partial charge is 0.418 e. The van der Waals surface area contributed by atoms with Crippen LogP contribution in [0.15, 0.2) is 18.2 Å². The highest BCUT2D eigenvalue weighted by Crippen LogP contribution is 2.36. The molecule has 0 spiro atoms. The fourth-order valence-electron chi connectivity index (χ4n) is 2.08. The smallest absolute Gasteiger partial charge is 0.399 e. The van der Waals surface area contributed by atoms with Crippen LogP contribution in [0.2, 0.25) is 0 Å². The number of unbranched alkanes of at least 4 members (excludes halogenated alkanes) is 5. The lowest BCUT2D eigenvalue weighted by Crippen LogP contribution is -2.12. The van der Waals surface area contributed by atoms with E-state index in [1.165, 1.54) is 31.4 Å². The Balaban J connectivity index is 2.44. The van der Waals surface area contributed by atoms with E-state index in [0.717, 1.165) is 25.3 Å². The van der Waals surface area contributed by atoms with E-state index in [9.17, 15) is 13.2 Å². The molecule has 1 aromatic rings. The van der Waals surface area contributed by atoms with Gasteiger partial charge in [-0.25, -0.2) is 0 Å². The Bertz CT molecular complexity index is 403. The molecule has 0 atom stereocenters. The molecule has 0 unspecified atom stereocenters. The van der Waals surface area contributed by atoms with Gasteiger partial charge in [-0.2, -0.15) is 13.2 Å². The Kier molecular flexibility index (Phi) is 6.68. The van der Waals surface area contributed by atoms with E-state index < -0.39 is 11.7 Å². The van der Waals surface area contributed by atoms with Gasteiger partial charge in [-0.3, -0.25) is 0 Å². The Morgan fingerprint density at radius 2 is 1.70 bits per heavy atom. The van der Waals surface area contributed by atoms with Crippen molar-refractivity contribution in [2.45, 2.75) is 51.6 Å². The van der Waals surface area contributed by atoms with Crippen molar-refractivity contribution in [2.24, 2.45) is 0 Å². The molecule has 114 valence electrons. The number of benzene rings is 1. The van der Waals surface area contributed by atoms with Gasteiger partial charge in [-0.15, -0.1) is 0 Å². The standard InChI is InChI=1S/C15H23F3N2/c1-2-3-4-5-6-7-10-20-14-9-8-12(19)11-13(14)15(16,17)18/h8-9,11,20H,2-7,10,19H2,1H3. The molecule has 0 aromatic heterocycles. The molecule has 0 aliphatic heterocycles. The summed E-state index contributed by atoms with van der Waals surface area (Å²) in [6, 6.07) is 3.86. The highest BCUT2D eigenvalue weighted by molar-refractivity contribution is 5.59. The first-order chi connectivity index (χ1) is 9.45. The maximum Gasteiger partial charge on any atom is 0.418 e. The number of nitrogens with two attached hydrogens (primary N) is 1. The second-order valence-corrected chi connectivity index (χ2v) is 5.00. The zero-order valence-electron chi connectivity index (χ0n) is 11.9. The van der Waals surface area contributed by atoms with Gasteiger partial charge in [0.2, 0.25) is 0 Å². The number of alkyl halides is 3. The molecule has 0 aliphatic rings. The third-order valence-electron chi connectivity index (χ3n) is 3.19. The summed E-state index contributed by atoms with van der Waals surface area (Å²) in [7, 11) is 0. The molecular weight excluding hydrogens is 265 g/mol. The van der Waals surface area contributed by atoms with E-state index in [2.05, 4.69) is 12.2 Å².